The Labute approximate surface area is 102 Å². The van der Waals surface area contributed by atoms with Crippen LogP contribution in [-0.2, 0) is 14.3 Å². The maximum Gasteiger partial charge on any atom is 0.325 e. The fraction of sp³-hybridized carbons (Fsp3) is 0.833. The lowest BCUT2D eigenvalue weighted by molar-refractivity contribution is -0.147. The number of amides is 1. The minimum atomic E-state index is -0.399. The van der Waals surface area contributed by atoms with E-state index in [2.05, 4.69) is 17.6 Å². The third-order valence-corrected chi connectivity index (χ3v) is 2.89. The van der Waals surface area contributed by atoms with E-state index in [1.165, 1.54) is 0 Å². The molecule has 0 aliphatic carbocycles. The maximum atomic E-state index is 11.7. The van der Waals surface area contributed by atoms with Crippen molar-refractivity contribution in [2.24, 2.45) is 0 Å². The van der Waals surface area contributed by atoms with E-state index in [-0.39, 0.29) is 24.5 Å². The van der Waals surface area contributed by atoms with Crippen molar-refractivity contribution in [3.8, 4) is 0 Å². The molecule has 2 atom stereocenters. The molecule has 1 heterocycles. The molecule has 98 valence electrons. The van der Waals surface area contributed by atoms with Crippen molar-refractivity contribution < 1.29 is 14.3 Å². The quantitative estimate of drug-likeness (QED) is 0.528. The first-order chi connectivity index (χ1) is 8.19. The first kappa shape index (κ1) is 14.0. The molecule has 5 nitrogen and oxygen atoms in total. The Morgan fingerprint density at radius 2 is 2.18 bits per heavy atom. The van der Waals surface area contributed by atoms with Gasteiger partial charge in [0.25, 0.3) is 0 Å². The lowest BCUT2D eigenvalue weighted by Crippen LogP contribution is -2.62. The Hall–Kier alpha value is -1.10. The van der Waals surface area contributed by atoms with E-state index in [4.69, 9.17) is 4.74 Å². The smallest absolute Gasteiger partial charge is 0.325 e. The maximum absolute atomic E-state index is 11.7. The van der Waals surface area contributed by atoms with Crippen LogP contribution in [0.15, 0.2) is 0 Å². The topological polar surface area (TPSA) is 67.4 Å². The number of piperazine rings is 1. The number of nitrogens with one attached hydrogen (secondary N) is 2. The average molecular weight is 242 g/mol. The monoisotopic (exact) mass is 242 g/mol. The van der Waals surface area contributed by atoms with Crippen molar-refractivity contribution >= 4 is 11.9 Å². The molecule has 17 heavy (non-hydrogen) atoms. The van der Waals surface area contributed by atoms with Crippen LogP contribution in [0, 0.1) is 0 Å². The van der Waals surface area contributed by atoms with Crippen molar-refractivity contribution in [2.75, 3.05) is 13.2 Å². The summed E-state index contributed by atoms with van der Waals surface area (Å²) in [5.41, 5.74) is 0. The van der Waals surface area contributed by atoms with E-state index in [1.807, 2.05) is 0 Å². The van der Waals surface area contributed by atoms with Crippen LogP contribution in [0.25, 0.3) is 0 Å². The molecular formula is C12H22N2O3. The predicted octanol–water partition coefficient (Wildman–Crippen LogP) is 0.586. The van der Waals surface area contributed by atoms with Gasteiger partial charge >= 0.3 is 5.97 Å². The summed E-state index contributed by atoms with van der Waals surface area (Å²) < 4.78 is 5.00. The molecular weight excluding hydrogens is 220 g/mol. The van der Waals surface area contributed by atoms with Gasteiger partial charge in [0, 0.05) is 0 Å². The highest BCUT2D eigenvalue weighted by Gasteiger charge is 2.33. The van der Waals surface area contributed by atoms with Gasteiger partial charge in [-0.05, 0) is 13.3 Å². The van der Waals surface area contributed by atoms with Crippen molar-refractivity contribution in [3.63, 3.8) is 0 Å². The van der Waals surface area contributed by atoms with E-state index in [0.29, 0.717) is 6.61 Å². The van der Waals surface area contributed by atoms with Gasteiger partial charge in [0.2, 0.25) is 5.91 Å². The van der Waals surface area contributed by atoms with Gasteiger partial charge in [0.05, 0.1) is 19.2 Å². The van der Waals surface area contributed by atoms with Crippen molar-refractivity contribution in [3.05, 3.63) is 0 Å². The fourth-order valence-corrected chi connectivity index (χ4v) is 2.02. The third-order valence-electron chi connectivity index (χ3n) is 2.89. The van der Waals surface area contributed by atoms with Gasteiger partial charge in [0.1, 0.15) is 6.04 Å². The lowest BCUT2D eigenvalue weighted by atomic mass is 9.99. The molecule has 1 fully saturated rings. The van der Waals surface area contributed by atoms with E-state index < -0.39 is 6.04 Å². The number of carbonyl (C=O) groups excluding carboxylic acids is 2. The molecule has 2 N–H and O–H groups in total. The van der Waals surface area contributed by atoms with Gasteiger partial charge in [-0.2, -0.15) is 0 Å². The summed E-state index contributed by atoms with van der Waals surface area (Å²) in [5, 5.41) is 5.81. The van der Waals surface area contributed by atoms with Gasteiger partial charge in [-0.25, -0.2) is 0 Å². The highest BCUT2D eigenvalue weighted by Crippen LogP contribution is 2.10. The molecule has 1 saturated heterocycles. The number of ether oxygens (including phenoxy) is 1. The summed E-state index contributed by atoms with van der Waals surface area (Å²) >= 11 is 0. The number of hydrogen-bond donors (Lipinski definition) is 2. The van der Waals surface area contributed by atoms with E-state index in [0.717, 1.165) is 25.7 Å². The number of rotatable bonds is 6. The van der Waals surface area contributed by atoms with Gasteiger partial charge in [0.15, 0.2) is 0 Å². The minimum absolute atomic E-state index is 0.0490. The Bertz CT molecular complexity index is 268. The van der Waals surface area contributed by atoms with Gasteiger partial charge in [-0.1, -0.05) is 26.2 Å². The van der Waals surface area contributed by atoms with Crippen LogP contribution < -0.4 is 10.6 Å². The molecule has 1 amide bonds. The molecule has 0 spiro atoms. The zero-order chi connectivity index (χ0) is 12.7. The predicted molar refractivity (Wildman–Crippen MR) is 64.5 cm³/mol. The van der Waals surface area contributed by atoms with Crippen molar-refractivity contribution in [1.82, 2.24) is 10.6 Å². The standard InChI is InChI=1S/C12H22N2O3/c1-3-5-6-7-9-11(12(16)17-4-2)13-8-10(15)14-9/h9,11,13H,3-8H2,1-2H3,(H,14,15). The van der Waals surface area contributed by atoms with Crippen LogP contribution in [0.2, 0.25) is 0 Å². The second-order valence-electron chi connectivity index (χ2n) is 4.28. The zero-order valence-electron chi connectivity index (χ0n) is 10.6. The summed E-state index contributed by atoms with van der Waals surface area (Å²) in [6, 6.07) is -0.536. The number of unbranched alkanes of at least 4 members (excludes halogenated alkanes) is 2. The summed E-state index contributed by atoms with van der Waals surface area (Å²) in [5.74, 6) is -0.318. The van der Waals surface area contributed by atoms with E-state index in [1.54, 1.807) is 6.92 Å². The molecule has 0 aromatic heterocycles. The molecule has 1 aliphatic heterocycles. The largest absolute Gasteiger partial charge is 0.465 e. The molecule has 0 aromatic rings. The summed E-state index contributed by atoms with van der Waals surface area (Å²) in [4.78, 5) is 23.0. The first-order valence-corrected chi connectivity index (χ1v) is 6.38. The third kappa shape index (κ3) is 4.34. The molecule has 2 unspecified atom stereocenters. The summed E-state index contributed by atoms with van der Waals surface area (Å²) in [7, 11) is 0. The van der Waals surface area contributed by atoms with E-state index in [9.17, 15) is 9.59 Å². The Balaban J connectivity index is 2.51. The van der Waals surface area contributed by atoms with Gasteiger partial charge in [-0.3, -0.25) is 14.9 Å². The molecule has 0 radical (unpaired) electrons. The minimum Gasteiger partial charge on any atom is -0.465 e. The molecule has 1 rings (SSSR count). The highest BCUT2D eigenvalue weighted by atomic mass is 16.5. The second-order valence-corrected chi connectivity index (χ2v) is 4.28. The SMILES string of the molecule is CCCCCC1NC(=O)CNC1C(=O)OCC. The number of hydrogen-bond acceptors (Lipinski definition) is 4. The van der Waals surface area contributed by atoms with Crippen LogP contribution in [-0.4, -0.2) is 37.1 Å². The molecule has 0 bridgehead atoms. The van der Waals surface area contributed by atoms with Crippen LogP contribution in [0.5, 0.6) is 0 Å². The van der Waals surface area contributed by atoms with Crippen LogP contribution in [0.4, 0.5) is 0 Å². The second kappa shape index (κ2) is 7.27. The van der Waals surface area contributed by atoms with Crippen LogP contribution in [0.3, 0.4) is 0 Å². The normalized spacial score (nSPS) is 24.2. The lowest BCUT2D eigenvalue weighted by Gasteiger charge is -2.31. The molecule has 5 heteroatoms. The van der Waals surface area contributed by atoms with E-state index >= 15 is 0 Å². The van der Waals surface area contributed by atoms with Crippen molar-refractivity contribution in [2.45, 2.75) is 51.6 Å². The Morgan fingerprint density at radius 3 is 2.82 bits per heavy atom. The van der Waals surface area contributed by atoms with Crippen molar-refractivity contribution in [1.29, 1.82) is 0 Å². The molecule has 1 aliphatic rings. The highest BCUT2D eigenvalue weighted by molar-refractivity contribution is 5.84. The number of esters is 1. The number of carbonyl (C=O) groups is 2. The Morgan fingerprint density at radius 1 is 1.41 bits per heavy atom. The average Bonchev–Trinajstić information content (AvgIpc) is 2.30. The first-order valence-electron chi connectivity index (χ1n) is 6.38. The fourth-order valence-electron chi connectivity index (χ4n) is 2.02. The summed E-state index contributed by atoms with van der Waals surface area (Å²) in [6.45, 7) is 4.46. The summed E-state index contributed by atoms with van der Waals surface area (Å²) in [6.07, 6.45) is 4.06. The van der Waals surface area contributed by atoms with Crippen LogP contribution >= 0.6 is 0 Å². The zero-order valence-corrected chi connectivity index (χ0v) is 10.6. The molecule has 0 saturated carbocycles. The Kier molecular flexibility index (Phi) is 5.97. The molecule has 0 aromatic carbocycles. The van der Waals surface area contributed by atoms with Crippen LogP contribution in [0.1, 0.15) is 39.5 Å². The van der Waals surface area contributed by atoms with Gasteiger partial charge < -0.3 is 10.1 Å². The van der Waals surface area contributed by atoms with Gasteiger partial charge in [-0.15, -0.1) is 0 Å².